The molecule has 1 aromatic heterocycles. The van der Waals surface area contributed by atoms with Crippen LogP contribution in [0.3, 0.4) is 0 Å². The minimum atomic E-state index is -0.568. The zero-order chi connectivity index (χ0) is 11.5. The van der Waals surface area contributed by atoms with Gasteiger partial charge in [0.25, 0.3) is 0 Å². The molecule has 0 aliphatic rings. The molecule has 2 N–H and O–H groups in total. The molecule has 4 nitrogen and oxygen atoms in total. The Kier molecular flexibility index (Phi) is 3.07. The summed E-state index contributed by atoms with van der Waals surface area (Å²) in [6.45, 7) is 0. The van der Waals surface area contributed by atoms with Gasteiger partial charge in [0.05, 0.1) is 5.51 Å². The molecule has 6 heteroatoms. The van der Waals surface area contributed by atoms with E-state index in [-0.39, 0.29) is 5.69 Å². The molecular weight excluding hydrogens is 248 g/mol. The Morgan fingerprint density at radius 3 is 2.62 bits per heavy atom. The van der Waals surface area contributed by atoms with Gasteiger partial charge in [0.1, 0.15) is 10.8 Å². The number of hydrogen-bond acceptors (Lipinski definition) is 5. The molecule has 82 valence electrons. The van der Waals surface area contributed by atoms with Crippen LogP contribution in [0.15, 0.2) is 29.8 Å². The number of esters is 1. The first-order valence-electron chi connectivity index (χ1n) is 4.33. The van der Waals surface area contributed by atoms with E-state index in [2.05, 4.69) is 4.98 Å². The summed E-state index contributed by atoms with van der Waals surface area (Å²) >= 11 is 6.89. The van der Waals surface area contributed by atoms with Crippen LogP contribution in [-0.2, 0) is 0 Å². The second kappa shape index (κ2) is 4.51. The Morgan fingerprint density at radius 2 is 2.06 bits per heavy atom. The lowest BCUT2D eigenvalue weighted by atomic mass is 10.3. The van der Waals surface area contributed by atoms with E-state index in [9.17, 15) is 4.79 Å². The maximum Gasteiger partial charge on any atom is 0.365 e. The molecule has 0 bridgehead atoms. The van der Waals surface area contributed by atoms with E-state index in [0.717, 1.165) is 0 Å². The van der Waals surface area contributed by atoms with Gasteiger partial charge in [-0.15, -0.1) is 11.3 Å². The first kappa shape index (κ1) is 10.9. The fraction of sp³-hybridized carbons (Fsp3) is 0. The molecule has 1 heterocycles. The number of nitrogen functional groups attached to an aromatic ring is 1. The van der Waals surface area contributed by atoms with Crippen molar-refractivity contribution in [3.05, 3.63) is 40.5 Å². The number of aromatic nitrogens is 1. The summed E-state index contributed by atoms with van der Waals surface area (Å²) < 4.78 is 5.06. The van der Waals surface area contributed by atoms with Crippen LogP contribution in [0.5, 0.6) is 5.75 Å². The van der Waals surface area contributed by atoms with E-state index in [1.807, 2.05) is 0 Å². The van der Waals surface area contributed by atoms with Crippen LogP contribution in [0, 0.1) is 0 Å². The van der Waals surface area contributed by atoms with Crippen LogP contribution in [0.25, 0.3) is 0 Å². The van der Waals surface area contributed by atoms with E-state index in [0.29, 0.717) is 15.8 Å². The Labute approximate surface area is 101 Å². The number of nitrogens with two attached hydrogens (primary N) is 1. The first-order valence-corrected chi connectivity index (χ1v) is 5.59. The van der Waals surface area contributed by atoms with Crippen LogP contribution in [0.1, 0.15) is 10.5 Å². The third-order valence-corrected chi connectivity index (χ3v) is 2.72. The van der Waals surface area contributed by atoms with Crippen molar-refractivity contribution < 1.29 is 9.53 Å². The molecule has 0 spiro atoms. The number of thiazole rings is 1. The fourth-order valence-corrected chi connectivity index (χ4v) is 1.71. The van der Waals surface area contributed by atoms with Crippen LogP contribution in [0.2, 0.25) is 5.02 Å². The van der Waals surface area contributed by atoms with Crippen molar-refractivity contribution in [2.24, 2.45) is 0 Å². The summed E-state index contributed by atoms with van der Waals surface area (Å²) in [5.74, 6) is -0.164. The largest absolute Gasteiger partial charge is 0.422 e. The lowest BCUT2D eigenvalue weighted by molar-refractivity contribution is 0.0730. The van der Waals surface area contributed by atoms with Crippen molar-refractivity contribution in [2.75, 3.05) is 5.73 Å². The van der Waals surface area contributed by atoms with Crippen molar-refractivity contribution in [1.82, 2.24) is 4.98 Å². The zero-order valence-electron chi connectivity index (χ0n) is 8.01. The number of rotatable bonds is 2. The molecule has 0 aliphatic carbocycles. The quantitative estimate of drug-likeness (QED) is 0.661. The number of anilines is 1. The molecule has 0 saturated heterocycles. The summed E-state index contributed by atoms with van der Waals surface area (Å²) in [6, 6.07) is 6.47. The Hall–Kier alpha value is -1.59. The lowest BCUT2D eigenvalue weighted by Crippen LogP contribution is -2.10. The Balaban J connectivity index is 2.14. The number of halogens is 1. The standard InChI is InChI=1S/C10H7ClN2O2S/c11-6-1-3-7(4-2-6)15-10(14)8-9(12)16-5-13-8/h1-5H,12H2. The molecule has 0 aliphatic heterocycles. The van der Waals surface area contributed by atoms with Gasteiger partial charge in [-0.05, 0) is 24.3 Å². The van der Waals surface area contributed by atoms with E-state index >= 15 is 0 Å². The van der Waals surface area contributed by atoms with Crippen molar-refractivity contribution in [3.63, 3.8) is 0 Å². The number of nitrogens with zero attached hydrogens (tertiary/aromatic N) is 1. The highest BCUT2D eigenvalue weighted by Gasteiger charge is 2.14. The van der Waals surface area contributed by atoms with Crippen LogP contribution < -0.4 is 10.5 Å². The predicted octanol–water partition coefficient (Wildman–Crippen LogP) is 2.60. The van der Waals surface area contributed by atoms with Gasteiger partial charge >= 0.3 is 5.97 Å². The number of benzene rings is 1. The topological polar surface area (TPSA) is 65.2 Å². The van der Waals surface area contributed by atoms with Crippen LogP contribution in [-0.4, -0.2) is 11.0 Å². The number of hydrogen-bond donors (Lipinski definition) is 1. The van der Waals surface area contributed by atoms with Crippen molar-refractivity contribution in [3.8, 4) is 5.75 Å². The minimum absolute atomic E-state index is 0.139. The zero-order valence-corrected chi connectivity index (χ0v) is 9.59. The normalized spacial score (nSPS) is 10.1. The molecule has 2 rings (SSSR count). The second-order valence-electron chi connectivity index (χ2n) is 2.91. The molecule has 1 aromatic carbocycles. The molecule has 2 aromatic rings. The van der Waals surface area contributed by atoms with Crippen molar-refractivity contribution >= 4 is 33.9 Å². The predicted molar refractivity (Wildman–Crippen MR) is 62.9 cm³/mol. The highest BCUT2D eigenvalue weighted by atomic mass is 35.5. The average molecular weight is 255 g/mol. The van der Waals surface area contributed by atoms with Crippen molar-refractivity contribution in [2.45, 2.75) is 0 Å². The molecule has 0 unspecified atom stereocenters. The highest BCUT2D eigenvalue weighted by molar-refractivity contribution is 7.14. The summed E-state index contributed by atoms with van der Waals surface area (Å²) in [6.07, 6.45) is 0. The monoisotopic (exact) mass is 254 g/mol. The summed E-state index contributed by atoms with van der Waals surface area (Å²) in [5, 5.41) is 0.923. The maximum absolute atomic E-state index is 11.6. The molecule has 16 heavy (non-hydrogen) atoms. The number of ether oxygens (including phenoxy) is 1. The van der Waals surface area contributed by atoms with E-state index in [1.54, 1.807) is 24.3 Å². The van der Waals surface area contributed by atoms with Crippen LogP contribution >= 0.6 is 22.9 Å². The molecule has 0 amide bonds. The smallest absolute Gasteiger partial charge is 0.365 e. The van der Waals surface area contributed by atoms with Gasteiger partial charge in [0.15, 0.2) is 5.69 Å². The van der Waals surface area contributed by atoms with Gasteiger partial charge in [0.2, 0.25) is 0 Å². The highest BCUT2D eigenvalue weighted by Crippen LogP contribution is 2.20. The lowest BCUT2D eigenvalue weighted by Gasteiger charge is -2.02. The SMILES string of the molecule is Nc1scnc1C(=O)Oc1ccc(Cl)cc1. The third kappa shape index (κ3) is 2.32. The molecule has 0 fully saturated rings. The van der Waals surface area contributed by atoms with Gasteiger partial charge in [-0.2, -0.15) is 0 Å². The van der Waals surface area contributed by atoms with E-state index in [4.69, 9.17) is 22.1 Å². The van der Waals surface area contributed by atoms with Gasteiger partial charge in [-0.1, -0.05) is 11.6 Å². The van der Waals surface area contributed by atoms with E-state index < -0.39 is 5.97 Å². The van der Waals surface area contributed by atoms with Gasteiger partial charge in [-0.25, -0.2) is 9.78 Å². The van der Waals surface area contributed by atoms with Gasteiger partial charge in [0, 0.05) is 5.02 Å². The van der Waals surface area contributed by atoms with E-state index in [1.165, 1.54) is 16.8 Å². The average Bonchev–Trinajstić information content (AvgIpc) is 2.68. The van der Waals surface area contributed by atoms with Crippen molar-refractivity contribution in [1.29, 1.82) is 0 Å². The summed E-state index contributed by atoms with van der Waals surface area (Å²) in [5.41, 5.74) is 7.19. The molecule has 0 radical (unpaired) electrons. The number of carbonyl (C=O) groups excluding carboxylic acids is 1. The first-order chi connectivity index (χ1) is 7.66. The third-order valence-electron chi connectivity index (χ3n) is 1.81. The minimum Gasteiger partial charge on any atom is -0.422 e. The fourth-order valence-electron chi connectivity index (χ4n) is 1.07. The molecular formula is C10H7ClN2O2S. The number of carbonyl (C=O) groups is 1. The van der Waals surface area contributed by atoms with Gasteiger partial charge < -0.3 is 10.5 Å². The maximum atomic E-state index is 11.6. The second-order valence-corrected chi connectivity index (χ2v) is 4.23. The summed E-state index contributed by atoms with van der Waals surface area (Å²) in [4.78, 5) is 15.4. The van der Waals surface area contributed by atoms with Gasteiger partial charge in [-0.3, -0.25) is 0 Å². The molecule has 0 atom stereocenters. The Morgan fingerprint density at radius 1 is 1.38 bits per heavy atom. The summed E-state index contributed by atoms with van der Waals surface area (Å²) in [7, 11) is 0. The molecule has 0 saturated carbocycles. The Bertz CT molecular complexity index is 510. The van der Waals surface area contributed by atoms with Crippen LogP contribution in [0.4, 0.5) is 5.00 Å².